The molecule has 0 radical (unpaired) electrons. The molecule has 17 heavy (non-hydrogen) atoms. The van der Waals surface area contributed by atoms with E-state index in [2.05, 4.69) is 18.4 Å². The van der Waals surface area contributed by atoms with Gasteiger partial charge in [0.15, 0.2) is 11.5 Å². The fourth-order valence-corrected chi connectivity index (χ4v) is 2.92. The number of benzene rings is 1. The second-order valence-electron chi connectivity index (χ2n) is 4.06. The van der Waals surface area contributed by atoms with E-state index in [9.17, 15) is 0 Å². The normalized spacial score (nSPS) is 14.9. The van der Waals surface area contributed by atoms with E-state index in [0.717, 1.165) is 17.1 Å². The van der Waals surface area contributed by atoms with E-state index < -0.39 is 0 Å². The summed E-state index contributed by atoms with van der Waals surface area (Å²) in [6.45, 7) is 2.38. The van der Waals surface area contributed by atoms with Crippen LogP contribution in [-0.2, 0) is 0 Å². The predicted molar refractivity (Wildman–Crippen MR) is 67.7 cm³/mol. The maximum Gasteiger partial charge on any atom is 0.231 e. The molecular formula is C13H13NO2S. The van der Waals surface area contributed by atoms with Gasteiger partial charge in [0.2, 0.25) is 6.79 Å². The van der Waals surface area contributed by atoms with Crippen LogP contribution in [0.4, 0.5) is 0 Å². The summed E-state index contributed by atoms with van der Waals surface area (Å²) in [4.78, 5) is 1.20. The Morgan fingerprint density at radius 1 is 1.24 bits per heavy atom. The lowest BCUT2D eigenvalue weighted by atomic mass is 10.0. The first-order valence-corrected chi connectivity index (χ1v) is 6.33. The van der Waals surface area contributed by atoms with Gasteiger partial charge in [-0.3, -0.25) is 0 Å². The Labute approximate surface area is 104 Å². The zero-order valence-corrected chi connectivity index (χ0v) is 10.3. The van der Waals surface area contributed by atoms with Gasteiger partial charge in [0.1, 0.15) is 0 Å². The third-order valence-corrected chi connectivity index (χ3v) is 4.04. The van der Waals surface area contributed by atoms with Gasteiger partial charge in [0.25, 0.3) is 0 Å². The zero-order chi connectivity index (χ0) is 11.8. The first kappa shape index (κ1) is 10.6. The van der Waals surface area contributed by atoms with E-state index in [-0.39, 0.29) is 6.04 Å². The molecule has 0 saturated carbocycles. The molecule has 0 fully saturated rings. The Morgan fingerprint density at radius 3 is 2.82 bits per heavy atom. The Morgan fingerprint density at radius 2 is 2.06 bits per heavy atom. The van der Waals surface area contributed by atoms with Gasteiger partial charge in [-0.2, -0.15) is 0 Å². The molecule has 0 spiro atoms. The molecule has 0 amide bonds. The van der Waals surface area contributed by atoms with Crippen LogP contribution in [0.3, 0.4) is 0 Å². The predicted octanol–water partition coefficient (Wildman–Crippen LogP) is 2.83. The third kappa shape index (κ3) is 1.79. The largest absolute Gasteiger partial charge is 0.454 e. The molecule has 1 aromatic carbocycles. The highest BCUT2D eigenvalue weighted by molar-refractivity contribution is 7.10. The minimum Gasteiger partial charge on any atom is -0.454 e. The van der Waals surface area contributed by atoms with Crippen molar-refractivity contribution >= 4 is 11.3 Å². The van der Waals surface area contributed by atoms with Crippen LogP contribution in [0.15, 0.2) is 29.6 Å². The van der Waals surface area contributed by atoms with Crippen LogP contribution in [0, 0.1) is 6.92 Å². The summed E-state index contributed by atoms with van der Waals surface area (Å²) in [6, 6.07) is 7.88. The summed E-state index contributed by atoms with van der Waals surface area (Å²) in [5, 5.41) is 2.07. The molecule has 0 aliphatic carbocycles. The van der Waals surface area contributed by atoms with E-state index in [4.69, 9.17) is 15.2 Å². The van der Waals surface area contributed by atoms with E-state index in [1.54, 1.807) is 11.3 Å². The van der Waals surface area contributed by atoms with Crippen molar-refractivity contribution in [2.24, 2.45) is 5.73 Å². The van der Waals surface area contributed by atoms with Gasteiger partial charge in [0, 0.05) is 4.88 Å². The van der Waals surface area contributed by atoms with Crippen molar-refractivity contribution in [3.8, 4) is 11.5 Å². The van der Waals surface area contributed by atoms with Gasteiger partial charge in [0.05, 0.1) is 6.04 Å². The number of rotatable bonds is 2. The van der Waals surface area contributed by atoms with Crippen LogP contribution >= 0.6 is 11.3 Å². The monoisotopic (exact) mass is 247 g/mol. The molecule has 88 valence electrons. The van der Waals surface area contributed by atoms with Gasteiger partial charge in [-0.1, -0.05) is 6.07 Å². The summed E-state index contributed by atoms with van der Waals surface area (Å²) in [5.41, 5.74) is 8.56. The van der Waals surface area contributed by atoms with Crippen molar-refractivity contribution in [2.45, 2.75) is 13.0 Å². The van der Waals surface area contributed by atoms with Crippen LogP contribution < -0.4 is 15.2 Å². The number of hydrogen-bond acceptors (Lipinski definition) is 4. The quantitative estimate of drug-likeness (QED) is 0.887. The molecule has 0 saturated heterocycles. The maximum absolute atomic E-state index is 6.27. The van der Waals surface area contributed by atoms with Crippen molar-refractivity contribution in [1.82, 2.24) is 0 Å². The van der Waals surface area contributed by atoms with Crippen molar-refractivity contribution < 1.29 is 9.47 Å². The summed E-state index contributed by atoms with van der Waals surface area (Å²) >= 11 is 1.69. The lowest BCUT2D eigenvalue weighted by molar-refractivity contribution is 0.174. The number of nitrogens with two attached hydrogens (primary N) is 1. The lowest BCUT2D eigenvalue weighted by Crippen LogP contribution is -2.11. The van der Waals surface area contributed by atoms with Crippen LogP contribution in [-0.4, -0.2) is 6.79 Å². The summed E-state index contributed by atoms with van der Waals surface area (Å²) in [6.07, 6.45) is 0. The average Bonchev–Trinajstić information content (AvgIpc) is 2.95. The third-order valence-electron chi connectivity index (χ3n) is 2.94. The highest BCUT2D eigenvalue weighted by atomic mass is 32.1. The maximum atomic E-state index is 6.27. The zero-order valence-electron chi connectivity index (χ0n) is 9.47. The van der Waals surface area contributed by atoms with Gasteiger partial charge >= 0.3 is 0 Å². The molecular weight excluding hydrogens is 234 g/mol. The van der Waals surface area contributed by atoms with Crippen LogP contribution in [0.2, 0.25) is 0 Å². The highest BCUT2D eigenvalue weighted by Crippen LogP contribution is 2.36. The van der Waals surface area contributed by atoms with Crippen molar-refractivity contribution in [3.63, 3.8) is 0 Å². The summed E-state index contributed by atoms with van der Waals surface area (Å²) < 4.78 is 10.6. The molecule has 3 rings (SSSR count). The highest BCUT2D eigenvalue weighted by Gasteiger charge is 2.18. The molecule has 2 heterocycles. The molecule has 2 aromatic rings. The number of ether oxygens (including phenoxy) is 2. The van der Waals surface area contributed by atoms with Gasteiger partial charge in [-0.25, -0.2) is 0 Å². The summed E-state index contributed by atoms with van der Waals surface area (Å²) in [5.74, 6) is 1.58. The van der Waals surface area contributed by atoms with E-state index in [1.807, 2.05) is 18.2 Å². The molecule has 1 unspecified atom stereocenters. The number of fused-ring (bicyclic) bond motifs is 1. The molecule has 1 aliphatic rings. The lowest BCUT2D eigenvalue weighted by Gasteiger charge is -2.12. The Bertz CT molecular complexity index is 550. The molecule has 1 aromatic heterocycles. The van der Waals surface area contributed by atoms with Gasteiger partial charge < -0.3 is 15.2 Å². The Balaban J connectivity index is 1.97. The standard InChI is InChI=1S/C13H13NO2S/c1-8-4-5-17-13(8)12(14)9-2-3-10-11(6-9)16-7-15-10/h2-6,12H,7,14H2,1H3. The number of hydrogen-bond donors (Lipinski definition) is 1. The van der Waals surface area contributed by atoms with E-state index in [0.29, 0.717) is 6.79 Å². The van der Waals surface area contributed by atoms with Crippen molar-refractivity contribution in [2.75, 3.05) is 6.79 Å². The SMILES string of the molecule is Cc1ccsc1C(N)c1ccc2c(c1)OCO2. The minimum absolute atomic E-state index is 0.0931. The smallest absolute Gasteiger partial charge is 0.231 e. The second kappa shape index (κ2) is 4.05. The van der Waals surface area contributed by atoms with Crippen molar-refractivity contribution in [3.05, 3.63) is 45.6 Å². The van der Waals surface area contributed by atoms with Crippen molar-refractivity contribution in [1.29, 1.82) is 0 Å². The molecule has 0 bridgehead atoms. The Kier molecular flexibility index (Phi) is 2.53. The molecule has 1 aliphatic heterocycles. The van der Waals surface area contributed by atoms with E-state index in [1.165, 1.54) is 10.4 Å². The molecule has 1 atom stereocenters. The fraction of sp³-hybridized carbons (Fsp3) is 0.231. The van der Waals surface area contributed by atoms with Crippen LogP contribution in [0.5, 0.6) is 11.5 Å². The van der Waals surface area contributed by atoms with Gasteiger partial charge in [-0.15, -0.1) is 11.3 Å². The van der Waals surface area contributed by atoms with Gasteiger partial charge in [-0.05, 0) is 41.6 Å². The second-order valence-corrected chi connectivity index (χ2v) is 5.01. The number of thiophene rings is 1. The first-order chi connectivity index (χ1) is 8.25. The molecule has 3 nitrogen and oxygen atoms in total. The topological polar surface area (TPSA) is 44.5 Å². The van der Waals surface area contributed by atoms with E-state index >= 15 is 0 Å². The Hall–Kier alpha value is -1.52. The average molecular weight is 247 g/mol. The fourth-order valence-electron chi connectivity index (χ4n) is 1.96. The molecule has 2 N–H and O–H groups in total. The van der Waals surface area contributed by atoms with Crippen LogP contribution in [0.25, 0.3) is 0 Å². The summed E-state index contributed by atoms with van der Waals surface area (Å²) in [7, 11) is 0. The first-order valence-electron chi connectivity index (χ1n) is 5.45. The molecule has 4 heteroatoms. The minimum atomic E-state index is -0.0931. The number of aryl methyl sites for hydroxylation is 1. The van der Waals surface area contributed by atoms with Crippen LogP contribution in [0.1, 0.15) is 22.0 Å².